The van der Waals surface area contributed by atoms with Crippen LogP contribution in [0.1, 0.15) is 20.3 Å². The van der Waals surface area contributed by atoms with Crippen molar-refractivity contribution in [3.05, 3.63) is 46.6 Å². The van der Waals surface area contributed by atoms with Gasteiger partial charge in [0, 0.05) is 11.1 Å². The third kappa shape index (κ3) is 5.07. The van der Waals surface area contributed by atoms with Gasteiger partial charge in [0.15, 0.2) is 0 Å². The van der Waals surface area contributed by atoms with Crippen LogP contribution in [0.5, 0.6) is 0 Å². The van der Waals surface area contributed by atoms with Crippen molar-refractivity contribution in [1.29, 1.82) is 0 Å². The zero-order valence-electron chi connectivity index (χ0n) is 10.9. The van der Waals surface area contributed by atoms with Gasteiger partial charge in [0.1, 0.15) is 0 Å². The first-order valence-corrected chi connectivity index (χ1v) is 6.04. The van der Waals surface area contributed by atoms with Crippen LogP contribution in [0.3, 0.4) is 0 Å². The Labute approximate surface area is 114 Å². The minimum atomic E-state index is -0.455. The number of allylic oxidation sites excluding steroid dienone is 6. The first-order valence-electron chi connectivity index (χ1n) is 5.67. The van der Waals surface area contributed by atoms with E-state index in [9.17, 15) is 4.79 Å². The summed E-state index contributed by atoms with van der Waals surface area (Å²) >= 11 is 5.91. The van der Waals surface area contributed by atoms with Gasteiger partial charge >= 0.3 is 5.97 Å². The Kier molecular flexibility index (Phi) is 8.43. The lowest BCUT2D eigenvalue weighted by Gasteiger charge is -2.06. The number of hydrogen-bond acceptors (Lipinski definition) is 2. The molecule has 0 fully saturated rings. The molecule has 0 aromatic carbocycles. The van der Waals surface area contributed by atoms with E-state index in [1.165, 1.54) is 13.2 Å². The third-order valence-corrected chi connectivity index (χ3v) is 2.26. The van der Waals surface area contributed by atoms with Crippen molar-refractivity contribution in [3.63, 3.8) is 0 Å². The number of terminal acetylenes is 1. The van der Waals surface area contributed by atoms with Gasteiger partial charge in [-0.15, -0.1) is 6.42 Å². The lowest BCUT2D eigenvalue weighted by atomic mass is 10.0. The summed E-state index contributed by atoms with van der Waals surface area (Å²) in [6.07, 6.45) is 14.3. The molecule has 2 nitrogen and oxygen atoms in total. The van der Waals surface area contributed by atoms with Crippen molar-refractivity contribution in [3.8, 4) is 12.3 Å². The summed E-state index contributed by atoms with van der Waals surface area (Å²) in [5.74, 6) is 1.87. The summed E-state index contributed by atoms with van der Waals surface area (Å²) < 4.78 is 4.66. The molecule has 0 saturated heterocycles. The van der Waals surface area contributed by atoms with Crippen LogP contribution in [-0.4, -0.2) is 13.1 Å². The highest BCUT2D eigenvalue weighted by atomic mass is 35.5. The maximum absolute atomic E-state index is 11.5. The fraction of sp³-hybridized carbons (Fsp3) is 0.267. The Hall–Kier alpha value is -1.72. The van der Waals surface area contributed by atoms with Crippen LogP contribution in [-0.2, 0) is 9.53 Å². The Morgan fingerprint density at radius 3 is 2.78 bits per heavy atom. The second-order valence-corrected chi connectivity index (χ2v) is 3.51. The van der Waals surface area contributed by atoms with E-state index in [2.05, 4.69) is 10.7 Å². The predicted octanol–water partition coefficient (Wildman–Crippen LogP) is 3.75. The molecule has 0 aliphatic heterocycles. The zero-order valence-corrected chi connectivity index (χ0v) is 11.6. The van der Waals surface area contributed by atoms with Crippen LogP contribution < -0.4 is 0 Å². The van der Waals surface area contributed by atoms with E-state index in [1.807, 2.05) is 26.0 Å². The van der Waals surface area contributed by atoms with Crippen LogP contribution in [0.25, 0.3) is 0 Å². The molecule has 1 aliphatic rings. The number of methoxy groups -OCH3 is 1. The molecule has 18 heavy (non-hydrogen) atoms. The molecule has 0 aromatic rings. The lowest BCUT2D eigenvalue weighted by molar-refractivity contribution is -0.135. The SMILES string of the molecule is C#C/C=C(\C(=O)OC)C1=CC(Cl)=CC=CC1.CC. The second-order valence-electron chi connectivity index (χ2n) is 3.07. The third-order valence-electron chi connectivity index (χ3n) is 2.02. The topological polar surface area (TPSA) is 26.3 Å². The minimum Gasteiger partial charge on any atom is -0.465 e. The van der Waals surface area contributed by atoms with Crippen LogP contribution in [0, 0.1) is 12.3 Å². The smallest absolute Gasteiger partial charge is 0.338 e. The van der Waals surface area contributed by atoms with E-state index in [0.717, 1.165) is 5.57 Å². The van der Waals surface area contributed by atoms with Gasteiger partial charge in [0.2, 0.25) is 0 Å². The quantitative estimate of drug-likeness (QED) is 0.431. The molecular formula is C15H17ClO2. The maximum atomic E-state index is 11.5. The first kappa shape index (κ1) is 16.3. The highest BCUT2D eigenvalue weighted by Crippen LogP contribution is 2.22. The van der Waals surface area contributed by atoms with Gasteiger partial charge in [0.25, 0.3) is 0 Å². The summed E-state index contributed by atoms with van der Waals surface area (Å²) in [6.45, 7) is 4.00. The van der Waals surface area contributed by atoms with E-state index in [-0.39, 0.29) is 0 Å². The van der Waals surface area contributed by atoms with Crippen molar-refractivity contribution < 1.29 is 9.53 Å². The number of esters is 1. The van der Waals surface area contributed by atoms with Crippen molar-refractivity contribution in [2.24, 2.45) is 0 Å². The number of rotatable bonds is 2. The Bertz CT molecular complexity index is 446. The van der Waals surface area contributed by atoms with Crippen molar-refractivity contribution >= 4 is 17.6 Å². The van der Waals surface area contributed by atoms with Crippen molar-refractivity contribution in [2.75, 3.05) is 7.11 Å². The van der Waals surface area contributed by atoms with Gasteiger partial charge in [-0.25, -0.2) is 4.79 Å². The number of ether oxygens (including phenoxy) is 1. The molecule has 0 unspecified atom stereocenters. The van der Waals surface area contributed by atoms with E-state index in [0.29, 0.717) is 17.0 Å². The molecule has 1 rings (SSSR count). The Morgan fingerprint density at radius 1 is 1.56 bits per heavy atom. The minimum absolute atomic E-state index is 0.364. The monoisotopic (exact) mass is 264 g/mol. The molecule has 0 spiro atoms. The maximum Gasteiger partial charge on any atom is 0.338 e. The summed E-state index contributed by atoms with van der Waals surface area (Å²) in [7, 11) is 1.32. The van der Waals surface area contributed by atoms with Gasteiger partial charge in [-0.1, -0.05) is 43.5 Å². The van der Waals surface area contributed by atoms with Gasteiger partial charge in [-0.3, -0.25) is 0 Å². The molecule has 0 N–H and O–H groups in total. The predicted molar refractivity (Wildman–Crippen MR) is 76.1 cm³/mol. The molecule has 3 heteroatoms. The average Bonchev–Trinajstić information content (AvgIpc) is 2.62. The lowest BCUT2D eigenvalue weighted by Crippen LogP contribution is -2.07. The molecule has 0 saturated carbocycles. The Balaban J connectivity index is 0.00000137. The molecule has 0 amide bonds. The highest BCUT2D eigenvalue weighted by Gasteiger charge is 2.14. The Morgan fingerprint density at radius 2 is 2.22 bits per heavy atom. The molecule has 0 bridgehead atoms. The highest BCUT2D eigenvalue weighted by molar-refractivity contribution is 6.31. The van der Waals surface area contributed by atoms with Gasteiger partial charge in [-0.2, -0.15) is 0 Å². The van der Waals surface area contributed by atoms with Crippen molar-refractivity contribution in [1.82, 2.24) is 0 Å². The fourth-order valence-corrected chi connectivity index (χ4v) is 1.50. The summed E-state index contributed by atoms with van der Waals surface area (Å²) in [5.41, 5.74) is 1.11. The van der Waals surface area contributed by atoms with Gasteiger partial charge < -0.3 is 4.74 Å². The molecule has 0 aromatic heterocycles. The van der Waals surface area contributed by atoms with E-state index in [1.54, 1.807) is 12.2 Å². The number of hydrogen-bond donors (Lipinski definition) is 0. The normalized spacial score (nSPS) is 14.3. The molecule has 0 radical (unpaired) electrons. The van der Waals surface area contributed by atoms with Crippen LogP contribution in [0.2, 0.25) is 0 Å². The molecule has 0 heterocycles. The van der Waals surface area contributed by atoms with E-state index < -0.39 is 5.97 Å². The van der Waals surface area contributed by atoms with Crippen LogP contribution in [0.4, 0.5) is 0 Å². The molecule has 1 aliphatic carbocycles. The summed E-state index contributed by atoms with van der Waals surface area (Å²) in [6, 6.07) is 0. The number of carbonyl (C=O) groups is 1. The van der Waals surface area contributed by atoms with Gasteiger partial charge in [-0.05, 0) is 24.1 Å². The van der Waals surface area contributed by atoms with E-state index >= 15 is 0 Å². The standard InChI is InChI=1S/C13H11ClO2.C2H6/c1-3-6-12(13(15)16-2)10-7-4-5-8-11(14)9-10;1-2/h1,4-6,8-9H,7H2,2H3;1-2H3/b12-6-;. The summed E-state index contributed by atoms with van der Waals surface area (Å²) in [5, 5.41) is 0.551. The second kappa shape index (κ2) is 9.32. The molecular weight excluding hydrogens is 248 g/mol. The molecule has 0 atom stereocenters. The van der Waals surface area contributed by atoms with Crippen molar-refractivity contribution in [2.45, 2.75) is 20.3 Å². The largest absolute Gasteiger partial charge is 0.465 e. The van der Waals surface area contributed by atoms with Crippen LogP contribution >= 0.6 is 11.6 Å². The molecule has 96 valence electrons. The van der Waals surface area contributed by atoms with E-state index in [4.69, 9.17) is 18.0 Å². The number of halogens is 1. The van der Waals surface area contributed by atoms with Crippen LogP contribution in [0.15, 0.2) is 46.6 Å². The zero-order chi connectivity index (χ0) is 14.0. The first-order chi connectivity index (χ1) is 8.69. The fourth-order valence-electron chi connectivity index (χ4n) is 1.29. The number of carbonyl (C=O) groups excluding carboxylic acids is 1. The average molecular weight is 265 g/mol. The van der Waals surface area contributed by atoms with Gasteiger partial charge in [0.05, 0.1) is 12.7 Å². The summed E-state index contributed by atoms with van der Waals surface area (Å²) in [4.78, 5) is 11.5.